The fourth-order valence-corrected chi connectivity index (χ4v) is 5.38. The van der Waals surface area contributed by atoms with E-state index in [4.69, 9.17) is 5.73 Å². The molecule has 1 aromatic carbocycles. The summed E-state index contributed by atoms with van der Waals surface area (Å²) >= 11 is 0. The van der Waals surface area contributed by atoms with E-state index in [1.165, 1.54) is 0 Å². The smallest absolute Gasteiger partial charge is 0.243 e. The monoisotopic (exact) mass is 360 g/mol. The van der Waals surface area contributed by atoms with E-state index in [0.717, 1.165) is 35.1 Å². The summed E-state index contributed by atoms with van der Waals surface area (Å²) in [4.78, 5) is 0.504. The van der Waals surface area contributed by atoms with Crippen LogP contribution in [0.3, 0.4) is 0 Å². The van der Waals surface area contributed by atoms with Crippen LogP contribution in [0.1, 0.15) is 42.0 Å². The molecule has 1 heterocycles. The number of hydrogen-bond acceptors (Lipinski definition) is 3. The molecule has 0 aliphatic carbocycles. The average molecular weight is 361 g/mol. The maximum Gasteiger partial charge on any atom is 0.243 e. The highest BCUT2D eigenvalue weighted by Crippen LogP contribution is 2.31. The summed E-state index contributed by atoms with van der Waals surface area (Å²) in [7, 11) is -3.42. The van der Waals surface area contributed by atoms with Gasteiger partial charge in [0.15, 0.2) is 0 Å². The van der Waals surface area contributed by atoms with Crippen molar-refractivity contribution in [3.63, 3.8) is 0 Å². The van der Waals surface area contributed by atoms with Crippen molar-refractivity contribution in [1.29, 1.82) is 0 Å². The first kappa shape index (κ1) is 20.4. The first-order chi connectivity index (χ1) is 10.2. The molecule has 1 aliphatic rings. The van der Waals surface area contributed by atoms with Gasteiger partial charge < -0.3 is 5.73 Å². The Labute approximate surface area is 146 Å². The summed E-state index contributed by atoms with van der Waals surface area (Å²) in [5, 5.41) is 0. The first-order valence-corrected chi connectivity index (χ1v) is 9.43. The molecular weight excluding hydrogens is 332 g/mol. The van der Waals surface area contributed by atoms with Gasteiger partial charge in [0.05, 0.1) is 4.90 Å². The molecule has 6 heteroatoms. The van der Waals surface area contributed by atoms with E-state index >= 15 is 0 Å². The minimum Gasteiger partial charge on any atom is -0.328 e. The van der Waals surface area contributed by atoms with Crippen molar-refractivity contribution < 1.29 is 8.42 Å². The van der Waals surface area contributed by atoms with E-state index in [0.29, 0.717) is 23.9 Å². The minimum absolute atomic E-state index is 0. The van der Waals surface area contributed by atoms with E-state index in [-0.39, 0.29) is 18.4 Å². The quantitative estimate of drug-likeness (QED) is 0.900. The molecule has 132 valence electrons. The van der Waals surface area contributed by atoms with E-state index in [9.17, 15) is 8.42 Å². The largest absolute Gasteiger partial charge is 0.328 e. The van der Waals surface area contributed by atoms with Gasteiger partial charge in [0.25, 0.3) is 0 Å². The van der Waals surface area contributed by atoms with Crippen LogP contribution in [-0.4, -0.2) is 31.9 Å². The Morgan fingerprint density at radius 1 is 1.09 bits per heavy atom. The van der Waals surface area contributed by atoms with Gasteiger partial charge in [-0.25, -0.2) is 8.42 Å². The molecule has 0 aromatic heterocycles. The summed E-state index contributed by atoms with van der Waals surface area (Å²) in [6.07, 6.45) is 1.69. The number of aryl methyl sites for hydroxylation is 2. The topological polar surface area (TPSA) is 63.4 Å². The van der Waals surface area contributed by atoms with E-state index in [1.54, 1.807) is 4.31 Å². The summed E-state index contributed by atoms with van der Waals surface area (Å²) in [6.45, 7) is 10.9. The molecule has 0 amide bonds. The molecule has 1 aliphatic heterocycles. The highest BCUT2D eigenvalue weighted by Gasteiger charge is 2.33. The van der Waals surface area contributed by atoms with E-state index in [1.807, 2.05) is 34.6 Å². The summed E-state index contributed by atoms with van der Waals surface area (Å²) < 4.78 is 27.8. The molecule has 1 aromatic rings. The van der Waals surface area contributed by atoms with Gasteiger partial charge in [-0.05, 0) is 75.6 Å². The van der Waals surface area contributed by atoms with Crippen LogP contribution in [0.4, 0.5) is 0 Å². The fraction of sp³-hybridized carbons (Fsp3) is 0.647. The molecule has 2 N–H and O–H groups in total. The van der Waals surface area contributed by atoms with Crippen molar-refractivity contribution in [2.24, 2.45) is 11.7 Å². The van der Waals surface area contributed by atoms with Crippen LogP contribution in [0.25, 0.3) is 0 Å². The Morgan fingerprint density at radius 2 is 1.52 bits per heavy atom. The summed E-state index contributed by atoms with van der Waals surface area (Å²) in [5.41, 5.74) is 9.77. The number of sulfonamides is 1. The number of piperidine rings is 1. The maximum atomic E-state index is 13.1. The molecule has 1 saturated heterocycles. The Bertz CT molecular complexity index is 637. The van der Waals surface area contributed by atoms with Crippen molar-refractivity contribution in [1.82, 2.24) is 4.31 Å². The van der Waals surface area contributed by atoms with Gasteiger partial charge in [-0.15, -0.1) is 12.4 Å². The van der Waals surface area contributed by atoms with Crippen molar-refractivity contribution in [3.8, 4) is 0 Å². The molecule has 2 rings (SSSR count). The lowest BCUT2D eigenvalue weighted by atomic mass is 9.92. The second kappa shape index (κ2) is 7.51. The van der Waals surface area contributed by atoms with E-state index in [2.05, 4.69) is 6.07 Å². The lowest BCUT2D eigenvalue weighted by molar-refractivity contribution is 0.250. The van der Waals surface area contributed by atoms with Crippen LogP contribution in [0.15, 0.2) is 11.0 Å². The molecule has 0 saturated carbocycles. The first-order valence-electron chi connectivity index (χ1n) is 7.99. The maximum absolute atomic E-state index is 13.1. The Hall–Kier alpha value is -0.620. The zero-order valence-electron chi connectivity index (χ0n) is 14.7. The third-order valence-electron chi connectivity index (χ3n) is 5.14. The normalized spacial score (nSPS) is 18.5. The molecule has 23 heavy (non-hydrogen) atoms. The third-order valence-corrected chi connectivity index (χ3v) is 7.31. The lowest BCUT2D eigenvalue weighted by Crippen LogP contribution is -2.42. The van der Waals surface area contributed by atoms with Crippen LogP contribution in [-0.2, 0) is 10.0 Å². The predicted molar refractivity (Wildman–Crippen MR) is 97.8 cm³/mol. The second-order valence-corrected chi connectivity index (χ2v) is 8.56. The van der Waals surface area contributed by atoms with Gasteiger partial charge in [-0.1, -0.05) is 6.07 Å². The number of nitrogens with zero attached hydrogens (tertiary/aromatic N) is 1. The number of benzene rings is 1. The molecule has 0 spiro atoms. The van der Waals surface area contributed by atoms with Crippen LogP contribution in [0.5, 0.6) is 0 Å². The van der Waals surface area contributed by atoms with Gasteiger partial charge in [0.1, 0.15) is 0 Å². The lowest BCUT2D eigenvalue weighted by Gasteiger charge is -2.33. The van der Waals surface area contributed by atoms with Gasteiger partial charge in [0, 0.05) is 19.1 Å². The van der Waals surface area contributed by atoms with Gasteiger partial charge in [-0.2, -0.15) is 4.31 Å². The SMILES string of the molecule is Cc1cc(C)c(C)c(S(=O)(=O)N2CCC(C(C)N)CC2)c1C.Cl. The second-order valence-electron chi connectivity index (χ2n) is 6.69. The Kier molecular flexibility index (Phi) is 6.67. The molecule has 0 bridgehead atoms. The number of rotatable bonds is 3. The Balaban J connectivity index is 0.00000264. The predicted octanol–water partition coefficient (Wildman–Crippen LogP) is 3.09. The standard InChI is InChI=1S/C17H28N2O2S.ClH/c1-11-10-12(2)14(4)17(13(11)3)22(20,21)19-8-6-16(7-9-19)15(5)18;/h10,15-16H,6-9,18H2,1-5H3;1H. The number of hydrogen-bond donors (Lipinski definition) is 1. The number of halogens is 1. The number of nitrogens with two attached hydrogens (primary N) is 1. The zero-order valence-corrected chi connectivity index (χ0v) is 16.4. The molecule has 4 nitrogen and oxygen atoms in total. The minimum atomic E-state index is -3.42. The molecule has 0 radical (unpaired) electrons. The zero-order chi connectivity index (χ0) is 16.7. The van der Waals surface area contributed by atoms with Crippen LogP contribution < -0.4 is 5.73 Å². The van der Waals surface area contributed by atoms with Gasteiger partial charge in [-0.3, -0.25) is 0 Å². The van der Waals surface area contributed by atoms with Crippen LogP contribution >= 0.6 is 12.4 Å². The van der Waals surface area contributed by atoms with Crippen LogP contribution in [0, 0.1) is 33.6 Å². The van der Waals surface area contributed by atoms with Crippen molar-refractivity contribution in [2.45, 2.75) is 58.4 Å². The average Bonchev–Trinajstić information content (AvgIpc) is 2.45. The molecular formula is C17H29ClN2O2S. The highest BCUT2D eigenvalue weighted by molar-refractivity contribution is 7.89. The molecule has 1 fully saturated rings. The van der Waals surface area contributed by atoms with Gasteiger partial charge >= 0.3 is 0 Å². The van der Waals surface area contributed by atoms with Gasteiger partial charge in [0.2, 0.25) is 10.0 Å². The van der Waals surface area contributed by atoms with Crippen molar-refractivity contribution >= 4 is 22.4 Å². The van der Waals surface area contributed by atoms with E-state index < -0.39 is 10.0 Å². The Morgan fingerprint density at radius 3 is 1.91 bits per heavy atom. The fourth-order valence-electron chi connectivity index (χ4n) is 3.34. The summed E-state index contributed by atoms with van der Waals surface area (Å²) in [5.74, 6) is 0.424. The van der Waals surface area contributed by atoms with Crippen LogP contribution in [0.2, 0.25) is 0 Å². The van der Waals surface area contributed by atoms with Crippen molar-refractivity contribution in [3.05, 3.63) is 28.3 Å². The third kappa shape index (κ3) is 3.90. The van der Waals surface area contributed by atoms with Crippen molar-refractivity contribution in [2.75, 3.05) is 13.1 Å². The molecule has 1 atom stereocenters. The molecule has 1 unspecified atom stereocenters. The summed E-state index contributed by atoms with van der Waals surface area (Å²) in [6, 6.07) is 2.20. The highest BCUT2D eigenvalue weighted by atomic mass is 35.5.